The van der Waals surface area contributed by atoms with Crippen LogP contribution in [0.5, 0.6) is 5.75 Å². The van der Waals surface area contributed by atoms with Gasteiger partial charge in [0.2, 0.25) is 15.9 Å². The molecule has 2 aliphatic rings. The van der Waals surface area contributed by atoms with E-state index in [1.54, 1.807) is 65.6 Å². The van der Waals surface area contributed by atoms with Crippen molar-refractivity contribution in [3.63, 3.8) is 0 Å². The molecule has 46 heavy (non-hydrogen) atoms. The predicted molar refractivity (Wildman–Crippen MR) is 174 cm³/mol. The van der Waals surface area contributed by atoms with Crippen LogP contribution >= 0.6 is 23.2 Å². The van der Waals surface area contributed by atoms with Crippen molar-refractivity contribution >= 4 is 51.0 Å². The summed E-state index contributed by atoms with van der Waals surface area (Å²) in [6.07, 6.45) is 3.75. The van der Waals surface area contributed by atoms with Gasteiger partial charge in [-0.1, -0.05) is 72.4 Å². The van der Waals surface area contributed by atoms with E-state index in [0.717, 1.165) is 24.7 Å². The first kappa shape index (κ1) is 33.7. The number of nitrogens with one attached hydrogen (secondary N) is 2. The average molecular weight is 689 g/mol. The summed E-state index contributed by atoms with van der Waals surface area (Å²) in [4.78, 5) is 41.9. The Labute approximate surface area is 278 Å². The van der Waals surface area contributed by atoms with Crippen LogP contribution in [0, 0.1) is 0 Å². The predicted octanol–water partition coefficient (Wildman–Crippen LogP) is 5.00. The molecule has 1 aliphatic carbocycles. The number of nitrogens with zero attached hydrogens (tertiary/aromatic N) is 1. The molecule has 2 amide bonds. The topological polar surface area (TPSA) is 131 Å². The first-order valence-corrected chi connectivity index (χ1v) is 17.5. The third kappa shape index (κ3) is 7.66. The van der Waals surface area contributed by atoms with Crippen LogP contribution in [-0.2, 0) is 30.9 Å². The fraction of sp³-hybridized carbons (Fsp3) is 0.364. The molecule has 1 heterocycles. The molecule has 0 saturated heterocycles. The highest BCUT2D eigenvalue weighted by Gasteiger charge is 2.49. The van der Waals surface area contributed by atoms with Crippen molar-refractivity contribution in [2.75, 3.05) is 20.0 Å². The van der Waals surface area contributed by atoms with Gasteiger partial charge < -0.3 is 19.7 Å². The molecule has 0 spiro atoms. The van der Waals surface area contributed by atoms with Crippen molar-refractivity contribution in [2.24, 2.45) is 0 Å². The molecule has 4 atom stereocenters. The number of amides is 2. The first-order valence-electron chi connectivity index (χ1n) is 14.9. The summed E-state index contributed by atoms with van der Waals surface area (Å²) in [7, 11) is -2.32. The van der Waals surface area contributed by atoms with Crippen LogP contribution in [0.2, 0.25) is 10.0 Å². The van der Waals surface area contributed by atoms with E-state index in [9.17, 15) is 22.8 Å². The van der Waals surface area contributed by atoms with Crippen LogP contribution in [0.3, 0.4) is 0 Å². The SMILES string of the molecule is COC(=O)COc1cccc(CNC(=O)[C@@H]2c3ccccc3C(=O)N([C@H]3CCCC[C@@H]3NS(C)(=O)=O)[C@H]2c2ccc(Cl)cc2Cl)c1. The molecule has 0 aromatic heterocycles. The Morgan fingerprint density at radius 3 is 2.48 bits per heavy atom. The van der Waals surface area contributed by atoms with E-state index in [4.69, 9.17) is 27.9 Å². The Morgan fingerprint density at radius 2 is 1.74 bits per heavy atom. The highest BCUT2D eigenvalue weighted by Crippen LogP contribution is 2.48. The highest BCUT2D eigenvalue weighted by molar-refractivity contribution is 7.88. The maximum absolute atomic E-state index is 14.4. The summed E-state index contributed by atoms with van der Waals surface area (Å²) in [5.41, 5.74) is 2.15. The van der Waals surface area contributed by atoms with Crippen LogP contribution in [0.4, 0.5) is 0 Å². The van der Waals surface area contributed by atoms with Crippen molar-refractivity contribution < 1.29 is 32.3 Å². The molecule has 5 rings (SSSR count). The molecule has 1 fully saturated rings. The molecule has 0 radical (unpaired) electrons. The Morgan fingerprint density at radius 1 is 0.978 bits per heavy atom. The van der Waals surface area contributed by atoms with Gasteiger partial charge in [0.1, 0.15) is 5.75 Å². The van der Waals surface area contributed by atoms with Gasteiger partial charge >= 0.3 is 5.97 Å². The Balaban J connectivity index is 1.55. The minimum Gasteiger partial charge on any atom is -0.482 e. The second-order valence-corrected chi connectivity index (χ2v) is 14.1. The number of carbonyl (C=O) groups excluding carboxylic acids is 3. The van der Waals surface area contributed by atoms with Crippen molar-refractivity contribution in [3.8, 4) is 5.75 Å². The van der Waals surface area contributed by atoms with Crippen LogP contribution in [0.25, 0.3) is 0 Å². The molecule has 3 aromatic carbocycles. The smallest absolute Gasteiger partial charge is 0.343 e. The lowest BCUT2D eigenvalue weighted by atomic mass is 9.76. The molecule has 244 valence electrons. The third-order valence-electron chi connectivity index (χ3n) is 8.34. The fourth-order valence-corrected chi connectivity index (χ4v) is 7.72. The average Bonchev–Trinajstić information content (AvgIpc) is 3.02. The molecular weight excluding hydrogens is 653 g/mol. The normalized spacial score (nSPS) is 21.3. The number of sulfonamides is 1. The van der Waals surface area contributed by atoms with Crippen molar-refractivity contribution in [1.82, 2.24) is 14.9 Å². The van der Waals surface area contributed by atoms with Crippen molar-refractivity contribution in [1.29, 1.82) is 0 Å². The van der Waals surface area contributed by atoms with E-state index >= 15 is 0 Å². The molecule has 1 saturated carbocycles. The van der Waals surface area contributed by atoms with Gasteiger partial charge in [-0.3, -0.25) is 9.59 Å². The van der Waals surface area contributed by atoms with Gasteiger partial charge in [0.25, 0.3) is 5.91 Å². The minimum atomic E-state index is -3.60. The van der Waals surface area contributed by atoms with E-state index in [0.29, 0.717) is 40.3 Å². The monoisotopic (exact) mass is 687 g/mol. The largest absolute Gasteiger partial charge is 0.482 e. The number of esters is 1. The standard InChI is InChI=1S/C33H35Cl2N3O7S/c1-44-29(39)19-45-22-9-7-8-20(16-22)18-36-32(40)30-23-10-3-4-11-24(23)33(41)38(31(30)25-15-14-21(34)17-26(25)35)28-13-6-5-12-27(28)37-46(2,42)43/h3-4,7-11,14-17,27-28,30-31,37H,5-6,12-13,18-19H2,1-2H3,(H,36,40)/t27-,28-,30+,31-/m0/s1. The number of halogens is 2. The van der Waals surface area contributed by atoms with Crippen molar-refractivity contribution in [3.05, 3.63) is 99.0 Å². The molecule has 0 unspecified atom stereocenters. The van der Waals surface area contributed by atoms with Gasteiger partial charge in [-0.2, -0.15) is 0 Å². The minimum absolute atomic E-state index is 0.129. The number of hydrogen-bond acceptors (Lipinski definition) is 7. The van der Waals surface area contributed by atoms with Gasteiger partial charge in [0, 0.05) is 34.2 Å². The number of benzene rings is 3. The van der Waals surface area contributed by atoms with Crippen molar-refractivity contribution in [2.45, 2.75) is 56.3 Å². The molecule has 3 aromatic rings. The van der Waals surface area contributed by atoms with E-state index < -0.39 is 40.0 Å². The number of rotatable bonds is 10. The fourth-order valence-electron chi connectivity index (χ4n) is 6.37. The summed E-state index contributed by atoms with van der Waals surface area (Å²) >= 11 is 13.1. The highest BCUT2D eigenvalue weighted by atomic mass is 35.5. The Hall–Kier alpha value is -3.64. The van der Waals surface area contributed by atoms with Gasteiger partial charge in [-0.05, 0) is 59.9 Å². The third-order valence-corrected chi connectivity index (χ3v) is 9.63. The number of hydrogen-bond donors (Lipinski definition) is 2. The van der Waals surface area contributed by atoms with Crippen LogP contribution in [-0.4, -0.2) is 63.2 Å². The summed E-state index contributed by atoms with van der Waals surface area (Å²) in [6.45, 7) is -0.126. The summed E-state index contributed by atoms with van der Waals surface area (Å²) in [6, 6.07) is 16.9. The summed E-state index contributed by atoms with van der Waals surface area (Å²) in [5, 5.41) is 3.71. The van der Waals surface area contributed by atoms with Crippen LogP contribution in [0.1, 0.15) is 64.7 Å². The van der Waals surface area contributed by atoms with E-state index in [-0.39, 0.29) is 30.0 Å². The molecule has 13 heteroatoms. The zero-order chi connectivity index (χ0) is 33.0. The van der Waals surface area contributed by atoms with Gasteiger partial charge in [0.05, 0.1) is 25.3 Å². The second kappa shape index (κ2) is 14.4. The maximum Gasteiger partial charge on any atom is 0.343 e. The summed E-state index contributed by atoms with van der Waals surface area (Å²) < 4.78 is 37.7. The van der Waals surface area contributed by atoms with E-state index in [1.165, 1.54) is 7.11 Å². The lowest BCUT2D eigenvalue weighted by Crippen LogP contribution is -2.59. The molecular formula is C33H35Cl2N3O7S. The van der Waals surface area contributed by atoms with E-state index in [1.807, 2.05) is 6.07 Å². The number of ether oxygens (including phenoxy) is 2. The second-order valence-electron chi connectivity index (χ2n) is 11.5. The Kier molecular flexibility index (Phi) is 10.6. The Bertz CT molecular complexity index is 1740. The quantitative estimate of drug-likeness (QED) is 0.287. The maximum atomic E-state index is 14.4. The zero-order valence-corrected chi connectivity index (χ0v) is 27.7. The van der Waals surface area contributed by atoms with Gasteiger partial charge in [0.15, 0.2) is 6.61 Å². The zero-order valence-electron chi connectivity index (χ0n) is 25.4. The van der Waals surface area contributed by atoms with Crippen LogP contribution in [0.15, 0.2) is 66.7 Å². The van der Waals surface area contributed by atoms with Gasteiger partial charge in [-0.25, -0.2) is 17.9 Å². The molecule has 10 nitrogen and oxygen atoms in total. The molecule has 2 N–H and O–H groups in total. The lowest BCUT2D eigenvalue weighted by Gasteiger charge is -2.49. The van der Waals surface area contributed by atoms with Gasteiger partial charge in [-0.15, -0.1) is 0 Å². The number of carbonyl (C=O) groups is 3. The lowest BCUT2D eigenvalue weighted by molar-refractivity contribution is -0.142. The first-order chi connectivity index (χ1) is 22.0. The van der Waals surface area contributed by atoms with E-state index in [2.05, 4.69) is 14.8 Å². The molecule has 1 aliphatic heterocycles. The summed E-state index contributed by atoms with van der Waals surface area (Å²) in [5.74, 6) is -1.65. The van der Waals surface area contributed by atoms with Crippen LogP contribution < -0.4 is 14.8 Å². The number of fused-ring (bicyclic) bond motifs is 1. The number of methoxy groups -OCH3 is 1. The molecule has 0 bridgehead atoms.